The Morgan fingerprint density at radius 3 is 2.65 bits per heavy atom. The fourth-order valence-corrected chi connectivity index (χ4v) is 3.85. The van der Waals surface area contributed by atoms with E-state index in [1.807, 2.05) is 13.8 Å². The average Bonchev–Trinajstić information content (AvgIpc) is 3.35. The SMILES string of the molecule is CC(C)c1noc(CCCC(=O)NCCN2C(=O)S/C(=C\c3ccc(OC(F)F)cc3)C2=O)n1. The van der Waals surface area contributed by atoms with Gasteiger partial charge in [-0.1, -0.05) is 31.1 Å². The molecular weight excluding hydrogens is 470 g/mol. The second-order valence-electron chi connectivity index (χ2n) is 7.69. The van der Waals surface area contributed by atoms with Crippen molar-refractivity contribution in [1.82, 2.24) is 20.4 Å². The molecule has 2 aromatic rings. The van der Waals surface area contributed by atoms with Crippen LogP contribution >= 0.6 is 11.8 Å². The summed E-state index contributed by atoms with van der Waals surface area (Å²) in [4.78, 5) is 42.3. The van der Waals surface area contributed by atoms with Gasteiger partial charge in [-0.25, -0.2) is 0 Å². The Morgan fingerprint density at radius 1 is 1.26 bits per heavy atom. The number of imide groups is 1. The molecule has 3 amide bonds. The second-order valence-corrected chi connectivity index (χ2v) is 8.68. The van der Waals surface area contributed by atoms with Gasteiger partial charge in [-0.2, -0.15) is 13.8 Å². The van der Waals surface area contributed by atoms with Gasteiger partial charge in [-0.3, -0.25) is 19.3 Å². The average molecular weight is 495 g/mol. The molecule has 1 aliphatic rings. The Labute approximate surface area is 198 Å². The summed E-state index contributed by atoms with van der Waals surface area (Å²) < 4.78 is 33.9. The van der Waals surface area contributed by atoms with Crippen LogP contribution in [0.1, 0.15) is 49.9 Å². The number of halogens is 2. The summed E-state index contributed by atoms with van der Waals surface area (Å²) in [7, 11) is 0. The lowest BCUT2D eigenvalue weighted by Crippen LogP contribution is -2.37. The van der Waals surface area contributed by atoms with Crippen LogP contribution in [0.4, 0.5) is 13.6 Å². The van der Waals surface area contributed by atoms with Crippen molar-refractivity contribution >= 4 is 34.9 Å². The number of aryl methyl sites for hydroxylation is 1. The van der Waals surface area contributed by atoms with Crippen molar-refractivity contribution in [1.29, 1.82) is 0 Å². The summed E-state index contributed by atoms with van der Waals surface area (Å²) in [5, 5.41) is 6.12. The predicted octanol–water partition coefficient (Wildman–Crippen LogP) is 3.97. The maximum absolute atomic E-state index is 12.5. The van der Waals surface area contributed by atoms with Gasteiger partial charge in [0, 0.05) is 31.8 Å². The number of benzene rings is 1. The van der Waals surface area contributed by atoms with Crippen molar-refractivity contribution in [2.24, 2.45) is 0 Å². The highest BCUT2D eigenvalue weighted by Crippen LogP contribution is 2.32. The van der Waals surface area contributed by atoms with E-state index in [0.717, 1.165) is 16.7 Å². The van der Waals surface area contributed by atoms with Gasteiger partial charge in [0.05, 0.1) is 4.91 Å². The van der Waals surface area contributed by atoms with Gasteiger partial charge in [0.15, 0.2) is 5.82 Å². The minimum Gasteiger partial charge on any atom is -0.435 e. The number of rotatable bonds is 11. The van der Waals surface area contributed by atoms with Crippen LogP contribution in [-0.4, -0.2) is 51.8 Å². The molecule has 0 radical (unpaired) electrons. The normalized spacial score (nSPS) is 15.1. The molecule has 9 nitrogen and oxygen atoms in total. The number of nitrogens with zero attached hydrogens (tertiary/aromatic N) is 3. The molecule has 1 aromatic heterocycles. The summed E-state index contributed by atoms with van der Waals surface area (Å²) in [6, 6.07) is 5.70. The number of alkyl halides is 2. The quantitative estimate of drug-likeness (QED) is 0.467. The monoisotopic (exact) mass is 494 g/mol. The number of carbonyl (C=O) groups excluding carboxylic acids is 3. The molecule has 1 fully saturated rings. The van der Waals surface area contributed by atoms with Gasteiger partial charge < -0.3 is 14.6 Å². The molecule has 0 saturated carbocycles. The number of nitrogens with one attached hydrogen (secondary N) is 1. The van der Waals surface area contributed by atoms with E-state index in [2.05, 4.69) is 20.2 Å². The van der Waals surface area contributed by atoms with E-state index in [0.29, 0.717) is 30.1 Å². The zero-order chi connectivity index (χ0) is 24.7. The number of carbonyl (C=O) groups is 3. The molecule has 0 spiro atoms. The number of ether oxygens (including phenoxy) is 1. The summed E-state index contributed by atoms with van der Waals surface area (Å²) >= 11 is 0.777. The minimum absolute atomic E-state index is 0.00612. The molecular formula is C22H24F2N4O5S. The third kappa shape index (κ3) is 7.11. The molecule has 2 heterocycles. The van der Waals surface area contributed by atoms with Gasteiger partial charge in [0.1, 0.15) is 5.75 Å². The first-order chi connectivity index (χ1) is 16.2. The summed E-state index contributed by atoms with van der Waals surface area (Å²) in [5.74, 6) is 0.583. The van der Waals surface area contributed by atoms with E-state index in [-0.39, 0.29) is 42.0 Å². The molecule has 1 aliphatic heterocycles. The fourth-order valence-electron chi connectivity index (χ4n) is 2.99. The fraction of sp³-hybridized carbons (Fsp3) is 0.409. The molecule has 12 heteroatoms. The van der Waals surface area contributed by atoms with Crippen LogP contribution in [-0.2, 0) is 16.0 Å². The van der Waals surface area contributed by atoms with Crippen LogP contribution in [0.15, 0.2) is 33.7 Å². The van der Waals surface area contributed by atoms with Crippen molar-refractivity contribution in [3.05, 3.63) is 46.4 Å². The van der Waals surface area contributed by atoms with Crippen molar-refractivity contribution in [3.8, 4) is 5.75 Å². The summed E-state index contributed by atoms with van der Waals surface area (Å²) in [5.41, 5.74) is 0.558. The molecule has 1 aromatic carbocycles. The zero-order valence-electron chi connectivity index (χ0n) is 18.6. The maximum Gasteiger partial charge on any atom is 0.387 e. The van der Waals surface area contributed by atoms with Crippen LogP contribution in [0.2, 0.25) is 0 Å². The van der Waals surface area contributed by atoms with Crippen molar-refractivity contribution in [2.75, 3.05) is 13.1 Å². The van der Waals surface area contributed by atoms with Crippen molar-refractivity contribution in [3.63, 3.8) is 0 Å². The Balaban J connectivity index is 1.42. The molecule has 0 aliphatic carbocycles. The lowest BCUT2D eigenvalue weighted by Gasteiger charge is -2.12. The molecule has 3 rings (SSSR count). The van der Waals surface area contributed by atoms with E-state index in [1.54, 1.807) is 0 Å². The van der Waals surface area contributed by atoms with Crippen molar-refractivity contribution in [2.45, 2.75) is 45.6 Å². The highest BCUT2D eigenvalue weighted by molar-refractivity contribution is 8.18. The van der Waals surface area contributed by atoms with Crippen LogP contribution in [0.3, 0.4) is 0 Å². The third-order valence-electron chi connectivity index (χ3n) is 4.73. The zero-order valence-corrected chi connectivity index (χ0v) is 19.4. The molecule has 1 N–H and O–H groups in total. The summed E-state index contributed by atoms with van der Waals surface area (Å²) in [6.45, 7) is 1.16. The van der Waals surface area contributed by atoms with Gasteiger partial charge in [-0.15, -0.1) is 0 Å². The molecule has 1 saturated heterocycles. The van der Waals surface area contributed by atoms with E-state index in [4.69, 9.17) is 4.52 Å². The van der Waals surface area contributed by atoms with E-state index in [1.165, 1.54) is 30.3 Å². The standard InChI is InChI=1S/C22H24F2N4O5S/c1-13(2)19-26-18(33-27-19)5-3-4-17(29)25-10-11-28-20(30)16(34-22(28)31)12-14-6-8-15(9-7-14)32-21(23)24/h6-9,12-13,21H,3-5,10-11H2,1-2H3,(H,25,29)/b16-12-. The first-order valence-electron chi connectivity index (χ1n) is 10.6. The van der Waals surface area contributed by atoms with Crippen LogP contribution in [0.5, 0.6) is 5.75 Å². The molecule has 34 heavy (non-hydrogen) atoms. The number of thioether (sulfide) groups is 1. The number of aromatic nitrogens is 2. The highest BCUT2D eigenvalue weighted by atomic mass is 32.2. The predicted molar refractivity (Wildman–Crippen MR) is 120 cm³/mol. The number of hydrogen-bond acceptors (Lipinski definition) is 8. The smallest absolute Gasteiger partial charge is 0.387 e. The van der Waals surface area contributed by atoms with Crippen LogP contribution in [0.25, 0.3) is 6.08 Å². The van der Waals surface area contributed by atoms with E-state index >= 15 is 0 Å². The Kier molecular flexibility index (Phi) is 8.74. The van der Waals surface area contributed by atoms with Gasteiger partial charge in [0.2, 0.25) is 11.8 Å². The van der Waals surface area contributed by atoms with E-state index in [9.17, 15) is 23.2 Å². The number of hydrogen-bond donors (Lipinski definition) is 1. The van der Waals surface area contributed by atoms with Crippen LogP contribution in [0, 0.1) is 0 Å². The Morgan fingerprint density at radius 2 is 2.00 bits per heavy atom. The largest absolute Gasteiger partial charge is 0.435 e. The molecule has 0 atom stereocenters. The third-order valence-corrected chi connectivity index (χ3v) is 5.64. The maximum atomic E-state index is 12.5. The number of amides is 3. The first kappa shape index (κ1) is 25.3. The van der Waals surface area contributed by atoms with Gasteiger partial charge in [-0.05, 0) is 42.0 Å². The van der Waals surface area contributed by atoms with Crippen LogP contribution < -0.4 is 10.1 Å². The van der Waals surface area contributed by atoms with E-state index < -0.39 is 17.8 Å². The van der Waals surface area contributed by atoms with Gasteiger partial charge >= 0.3 is 6.61 Å². The molecule has 0 unspecified atom stereocenters. The topological polar surface area (TPSA) is 115 Å². The lowest BCUT2D eigenvalue weighted by molar-refractivity contribution is -0.124. The molecule has 0 bridgehead atoms. The highest BCUT2D eigenvalue weighted by Gasteiger charge is 2.34. The second kappa shape index (κ2) is 11.7. The first-order valence-corrected chi connectivity index (χ1v) is 11.4. The minimum atomic E-state index is -2.92. The lowest BCUT2D eigenvalue weighted by atomic mass is 10.2. The Bertz CT molecular complexity index is 1060. The summed E-state index contributed by atoms with van der Waals surface area (Å²) in [6.07, 6.45) is 2.75. The van der Waals surface area contributed by atoms with Crippen molar-refractivity contribution < 1.29 is 32.4 Å². The molecule has 182 valence electrons. The van der Waals surface area contributed by atoms with Gasteiger partial charge in [0.25, 0.3) is 11.1 Å². The Hall–Kier alpha value is -3.28.